The van der Waals surface area contributed by atoms with Gasteiger partial charge in [-0.15, -0.1) is 5.92 Å². The fraction of sp³-hybridized carbons (Fsp3) is 0.160. The molecular formula is C25H21O3S+. The highest BCUT2D eigenvalue weighted by molar-refractivity contribution is 7.45. The number of furan rings is 1. The van der Waals surface area contributed by atoms with Crippen LogP contribution in [0.25, 0.3) is 15.0 Å². The Morgan fingerprint density at radius 2 is 1.86 bits per heavy atom. The van der Waals surface area contributed by atoms with Gasteiger partial charge in [-0.05, 0) is 56.3 Å². The molecule has 144 valence electrons. The van der Waals surface area contributed by atoms with Crippen molar-refractivity contribution < 1.29 is 13.9 Å². The van der Waals surface area contributed by atoms with Crippen molar-refractivity contribution in [1.82, 2.24) is 0 Å². The lowest BCUT2D eigenvalue weighted by Crippen LogP contribution is -2.27. The van der Waals surface area contributed by atoms with Crippen molar-refractivity contribution in [1.29, 1.82) is 0 Å². The highest BCUT2D eigenvalue weighted by atomic mass is 32.2. The maximum atomic E-state index is 12.8. The van der Waals surface area contributed by atoms with E-state index in [1.807, 2.05) is 24.3 Å². The van der Waals surface area contributed by atoms with E-state index in [4.69, 9.17) is 9.15 Å². The molecule has 0 saturated heterocycles. The summed E-state index contributed by atoms with van der Waals surface area (Å²) >= 11 is 0. The molecule has 0 N–H and O–H groups in total. The van der Waals surface area contributed by atoms with Gasteiger partial charge in [0.15, 0.2) is 20.1 Å². The van der Waals surface area contributed by atoms with E-state index in [0.717, 1.165) is 0 Å². The van der Waals surface area contributed by atoms with Gasteiger partial charge in [-0.1, -0.05) is 18.1 Å². The molecule has 0 aliphatic carbocycles. The van der Waals surface area contributed by atoms with Crippen LogP contribution in [-0.4, -0.2) is 5.97 Å². The summed E-state index contributed by atoms with van der Waals surface area (Å²) in [4.78, 5) is 15.3. The number of esters is 1. The predicted octanol–water partition coefficient (Wildman–Crippen LogP) is 6.58. The average Bonchev–Trinajstić information content (AvgIpc) is 3.36. The van der Waals surface area contributed by atoms with Crippen LogP contribution >= 0.6 is 10.5 Å². The minimum absolute atomic E-state index is 0.104. The van der Waals surface area contributed by atoms with Crippen molar-refractivity contribution >= 4 is 26.5 Å². The number of rotatable bonds is 4. The number of carbonyl (C=O) groups excluding carboxylic acids is 1. The van der Waals surface area contributed by atoms with Gasteiger partial charge >= 0.3 is 5.97 Å². The summed E-state index contributed by atoms with van der Waals surface area (Å²) in [5.41, 5.74) is 0.156. The molecule has 2 heterocycles. The number of carbonyl (C=O) groups is 1. The van der Waals surface area contributed by atoms with Crippen molar-refractivity contribution in [2.75, 3.05) is 0 Å². The van der Waals surface area contributed by atoms with Crippen molar-refractivity contribution in [2.45, 2.75) is 26.4 Å². The minimum atomic E-state index is -1.05. The number of thiophene rings is 1. The number of fused-ring (bicyclic) bond motifs is 1. The monoisotopic (exact) mass is 401 g/mol. The lowest BCUT2D eigenvalue weighted by molar-refractivity contribution is 0.0127. The third-order valence-corrected chi connectivity index (χ3v) is 7.19. The first kappa shape index (κ1) is 19.0. The molecule has 2 atom stereocenters. The summed E-state index contributed by atoms with van der Waals surface area (Å²) in [6, 6.07) is 20.1. The highest BCUT2D eigenvalue weighted by Crippen LogP contribution is 2.43. The molecule has 3 nitrogen and oxygen atoms in total. The lowest BCUT2D eigenvalue weighted by Gasteiger charge is -2.22. The topological polar surface area (TPSA) is 39.4 Å². The summed E-state index contributed by atoms with van der Waals surface area (Å²) < 4.78 is 12.2. The minimum Gasteiger partial charge on any atom is -0.472 e. The van der Waals surface area contributed by atoms with Gasteiger partial charge in [-0.2, -0.15) is 0 Å². The van der Waals surface area contributed by atoms with Crippen LogP contribution in [0.4, 0.5) is 0 Å². The van der Waals surface area contributed by atoms with Gasteiger partial charge in [0.05, 0.1) is 18.1 Å². The molecular weight excluding hydrogens is 380 g/mol. The Morgan fingerprint density at radius 3 is 2.55 bits per heavy atom. The van der Waals surface area contributed by atoms with Crippen LogP contribution in [0, 0.1) is 18.8 Å². The second-order valence-corrected chi connectivity index (χ2v) is 9.10. The van der Waals surface area contributed by atoms with E-state index in [0.29, 0.717) is 11.1 Å². The third kappa shape index (κ3) is 3.57. The van der Waals surface area contributed by atoms with E-state index >= 15 is 0 Å². The molecule has 4 heteroatoms. The van der Waals surface area contributed by atoms with Crippen LogP contribution < -0.4 is 0 Å². The first-order valence-corrected chi connectivity index (χ1v) is 10.6. The molecule has 29 heavy (non-hydrogen) atoms. The summed E-state index contributed by atoms with van der Waals surface area (Å²) in [5, 5.41) is 1.27. The Bertz CT molecular complexity index is 1220. The largest absolute Gasteiger partial charge is 0.472 e. The number of hydrogen-bond acceptors (Lipinski definition) is 3. The summed E-state index contributed by atoms with van der Waals surface area (Å²) in [6.45, 7) is 5.65. The quantitative estimate of drug-likeness (QED) is 0.220. The molecule has 0 fully saturated rings. The summed E-state index contributed by atoms with van der Waals surface area (Å²) in [7, 11) is -0.104. The van der Waals surface area contributed by atoms with Crippen LogP contribution in [0.2, 0.25) is 0 Å². The zero-order valence-electron chi connectivity index (χ0n) is 16.6. The molecule has 2 aromatic heterocycles. The number of aryl methyl sites for hydroxylation is 1. The molecule has 4 rings (SSSR count). The number of hydrogen-bond donors (Lipinski definition) is 0. The highest BCUT2D eigenvalue weighted by Gasteiger charge is 2.31. The normalized spacial score (nSPS) is 13.4. The maximum absolute atomic E-state index is 12.8. The number of benzene rings is 2. The molecule has 2 unspecified atom stereocenters. The predicted molar refractivity (Wildman–Crippen MR) is 117 cm³/mol. The van der Waals surface area contributed by atoms with Crippen molar-refractivity contribution in [3.63, 3.8) is 0 Å². The van der Waals surface area contributed by atoms with Crippen LogP contribution in [0.15, 0.2) is 77.6 Å². The molecule has 0 radical (unpaired) electrons. The fourth-order valence-corrected chi connectivity index (χ4v) is 5.66. The first-order valence-electron chi connectivity index (χ1n) is 9.33. The van der Waals surface area contributed by atoms with Crippen LogP contribution in [0.3, 0.4) is 0 Å². The molecule has 0 saturated carbocycles. The van der Waals surface area contributed by atoms with Gasteiger partial charge in [-0.3, -0.25) is 0 Å². The second kappa shape index (κ2) is 7.62. The van der Waals surface area contributed by atoms with Gasteiger partial charge in [0.1, 0.15) is 0 Å². The van der Waals surface area contributed by atoms with Gasteiger partial charge in [0.2, 0.25) is 0 Å². The van der Waals surface area contributed by atoms with Gasteiger partial charge in [0, 0.05) is 34.4 Å². The Labute approximate surface area is 172 Å². The molecule has 0 aliphatic heterocycles. The smallest absolute Gasteiger partial charge is 0.339 e. The van der Waals surface area contributed by atoms with E-state index in [2.05, 4.69) is 49.1 Å². The average molecular weight is 402 g/mol. The van der Waals surface area contributed by atoms with Gasteiger partial charge in [0.25, 0.3) is 0 Å². The SMILES string of the molecule is CC#CC(C)(OC(=O)c1ccc(-[s+]2c(C)cc3ccccc32)cc1)c1ccoc1. The van der Waals surface area contributed by atoms with Crippen molar-refractivity contribution in [3.8, 4) is 16.7 Å². The van der Waals surface area contributed by atoms with Crippen LogP contribution in [0.1, 0.15) is 34.6 Å². The second-order valence-electron chi connectivity index (χ2n) is 6.93. The van der Waals surface area contributed by atoms with Gasteiger partial charge < -0.3 is 9.15 Å². The van der Waals surface area contributed by atoms with E-state index in [1.165, 1.54) is 19.9 Å². The Hall–Kier alpha value is -3.29. The molecule has 2 aromatic carbocycles. The molecule has 0 aliphatic rings. The lowest BCUT2D eigenvalue weighted by atomic mass is 9.99. The first-order chi connectivity index (χ1) is 14.0. The zero-order chi connectivity index (χ0) is 20.4. The summed E-state index contributed by atoms with van der Waals surface area (Å²) in [6.07, 6.45) is 3.10. The Balaban J connectivity index is 1.63. The van der Waals surface area contributed by atoms with E-state index in [-0.39, 0.29) is 10.5 Å². The van der Waals surface area contributed by atoms with E-state index in [1.54, 1.807) is 32.4 Å². The molecule has 0 amide bonds. The zero-order valence-corrected chi connectivity index (χ0v) is 17.4. The summed E-state index contributed by atoms with van der Waals surface area (Å²) in [5.74, 6) is 5.40. The van der Waals surface area contributed by atoms with Crippen molar-refractivity contribution in [2.24, 2.45) is 0 Å². The number of ether oxygens (including phenoxy) is 1. The standard InChI is InChI=1S/C25H21O3S/c1-4-14-25(3,21-13-15-27-17-21)28-24(26)19-9-11-22(12-10-19)29-18(2)16-20-7-5-6-8-23(20)29/h5-13,15-17H,1-3H3/q+1. The van der Waals surface area contributed by atoms with E-state index < -0.39 is 11.6 Å². The van der Waals surface area contributed by atoms with Crippen LogP contribution in [-0.2, 0) is 10.3 Å². The Kier molecular flexibility index (Phi) is 5.00. The fourth-order valence-electron chi connectivity index (χ4n) is 3.45. The molecule has 4 aromatic rings. The van der Waals surface area contributed by atoms with Gasteiger partial charge in [-0.25, -0.2) is 4.79 Å². The molecule has 0 spiro atoms. The Morgan fingerprint density at radius 1 is 1.10 bits per heavy atom. The third-order valence-electron chi connectivity index (χ3n) is 4.88. The maximum Gasteiger partial charge on any atom is 0.339 e. The van der Waals surface area contributed by atoms with Crippen LogP contribution in [0.5, 0.6) is 0 Å². The molecule has 0 bridgehead atoms. The van der Waals surface area contributed by atoms with E-state index in [9.17, 15) is 4.79 Å². The van der Waals surface area contributed by atoms with Crippen molar-refractivity contribution in [3.05, 3.63) is 89.2 Å².